The smallest absolute Gasteiger partial charge is 0.0740 e. The van der Waals surface area contributed by atoms with Crippen molar-refractivity contribution in [1.82, 2.24) is 5.06 Å². The predicted octanol–water partition coefficient (Wildman–Crippen LogP) is 2.33. The van der Waals surface area contributed by atoms with Crippen molar-refractivity contribution < 1.29 is 4.84 Å². The molecule has 0 unspecified atom stereocenters. The van der Waals surface area contributed by atoms with Gasteiger partial charge in [-0.1, -0.05) is 18.2 Å². The van der Waals surface area contributed by atoms with Crippen molar-refractivity contribution in [3.05, 3.63) is 29.8 Å². The van der Waals surface area contributed by atoms with E-state index in [2.05, 4.69) is 24.3 Å². The maximum absolute atomic E-state index is 5.58. The zero-order valence-electron chi connectivity index (χ0n) is 8.14. The van der Waals surface area contributed by atoms with Crippen LogP contribution in [-0.2, 0) is 4.84 Å². The zero-order valence-corrected chi connectivity index (χ0v) is 8.96. The van der Waals surface area contributed by atoms with Crippen molar-refractivity contribution in [2.75, 3.05) is 19.4 Å². The number of rotatable bonds is 0. The van der Waals surface area contributed by atoms with E-state index < -0.39 is 0 Å². The van der Waals surface area contributed by atoms with E-state index in [9.17, 15) is 0 Å². The normalized spacial score (nSPS) is 31.2. The van der Waals surface area contributed by atoms with Crippen molar-refractivity contribution in [3.8, 4) is 0 Å². The van der Waals surface area contributed by atoms with Crippen molar-refractivity contribution in [1.29, 1.82) is 0 Å². The summed E-state index contributed by atoms with van der Waals surface area (Å²) in [6.07, 6.45) is 0. The number of nitrogens with zero attached hydrogens (tertiary/aromatic N) is 1. The Balaban J connectivity index is 2.07. The maximum atomic E-state index is 5.58. The first-order valence-corrected chi connectivity index (χ1v) is 5.92. The summed E-state index contributed by atoms with van der Waals surface area (Å²) in [6.45, 7) is 0.877. The number of benzene rings is 1. The van der Waals surface area contributed by atoms with Crippen LogP contribution in [0.15, 0.2) is 29.2 Å². The Hall–Kier alpha value is -0.510. The highest BCUT2D eigenvalue weighted by Crippen LogP contribution is 2.45. The summed E-state index contributed by atoms with van der Waals surface area (Å²) < 4.78 is 0. The summed E-state index contributed by atoms with van der Waals surface area (Å²) in [6, 6.07) is 9.15. The number of hydroxylamine groups is 2. The highest BCUT2D eigenvalue weighted by molar-refractivity contribution is 7.99. The monoisotopic (exact) mass is 207 g/mol. The minimum atomic E-state index is 0.479. The topological polar surface area (TPSA) is 12.5 Å². The fourth-order valence-corrected chi connectivity index (χ4v) is 3.53. The van der Waals surface area contributed by atoms with Gasteiger partial charge in [0.2, 0.25) is 0 Å². The van der Waals surface area contributed by atoms with Crippen LogP contribution >= 0.6 is 11.8 Å². The molecule has 2 atom stereocenters. The summed E-state index contributed by atoms with van der Waals surface area (Å²) >= 11 is 1.96. The van der Waals surface area contributed by atoms with Gasteiger partial charge in [-0.3, -0.25) is 4.84 Å². The molecule has 0 radical (unpaired) electrons. The first-order valence-electron chi connectivity index (χ1n) is 4.94. The van der Waals surface area contributed by atoms with E-state index in [1.165, 1.54) is 16.2 Å². The van der Waals surface area contributed by atoms with Crippen LogP contribution in [-0.4, -0.2) is 24.5 Å². The fraction of sp³-hybridized carbons (Fsp3) is 0.455. The van der Waals surface area contributed by atoms with E-state index in [1.54, 1.807) is 0 Å². The average molecular weight is 207 g/mol. The third kappa shape index (κ3) is 1.20. The predicted molar refractivity (Wildman–Crippen MR) is 57.1 cm³/mol. The SMILES string of the molecule is CN1OC[C@H]2CSc3ccccc3[C@H]21. The van der Waals surface area contributed by atoms with Gasteiger partial charge in [-0.05, 0) is 11.6 Å². The highest BCUT2D eigenvalue weighted by atomic mass is 32.2. The minimum Gasteiger partial charge on any atom is -0.298 e. The summed E-state index contributed by atoms with van der Waals surface area (Å²) in [5.74, 6) is 1.85. The Morgan fingerprint density at radius 3 is 3.21 bits per heavy atom. The molecule has 3 rings (SSSR count). The number of thioether (sulfide) groups is 1. The van der Waals surface area contributed by atoms with Crippen molar-refractivity contribution in [3.63, 3.8) is 0 Å². The first kappa shape index (κ1) is 8.77. The lowest BCUT2D eigenvalue weighted by molar-refractivity contribution is -0.111. The molecule has 1 aromatic carbocycles. The molecule has 3 heteroatoms. The average Bonchev–Trinajstić information content (AvgIpc) is 2.61. The standard InChI is InChI=1S/C11H13NOS/c1-12-11-8(6-13-12)7-14-10-5-3-2-4-9(10)11/h2-5,8,11H,6-7H2,1H3/t8-,11-/m0/s1. The van der Waals surface area contributed by atoms with Crippen LogP contribution in [0.3, 0.4) is 0 Å². The molecular formula is C11H13NOS. The van der Waals surface area contributed by atoms with Gasteiger partial charge in [-0.15, -0.1) is 11.8 Å². The van der Waals surface area contributed by atoms with E-state index in [0.717, 1.165) is 6.61 Å². The van der Waals surface area contributed by atoms with Crippen LogP contribution in [0.1, 0.15) is 11.6 Å². The van der Waals surface area contributed by atoms with Crippen LogP contribution in [0.2, 0.25) is 0 Å². The lowest BCUT2D eigenvalue weighted by Crippen LogP contribution is -2.24. The lowest BCUT2D eigenvalue weighted by atomic mass is 9.95. The van der Waals surface area contributed by atoms with Gasteiger partial charge in [0.1, 0.15) is 0 Å². The molecule has 2 nitrogen and oxygen atoms in total. The van der Waals surface area contributed by atoms with Gasteiger partial charge in [-0.2, -0.15) is 5.06 Å². The zero-order chi connectivity index (χ0) is 9.54. The minimum absolute atomic E-state index is 0.479. The molecule has 1 fully saturated rings. The van der Waals surface area contributed by atoms with Gasteiger partial charge in [-0.25, -0.2) is 0 Å². The van der Waals surface area contributed by atoms with E-state index in [0.29, 0.717) is 12.0 Å². The van der Waals surface area contributed by atoms with Gasteiger partial charge >= 0.3 is 0 Å². The van der Waals surface area contributed by atoms with Gasteiger partial charge in [0.15, 0.2) is 0 Å². The van der Waals surface area contributed by atoms with Gasteiger partial charge in [0.25, 0.3) is 0 Å². The van der Waals surface area contributed by atoms with Gasteiger partial charge < -0.3 is 0 Å². The molecule has 0 saturated carbocycles. The Bertz CT molecular complexity index is 355. The molecule has 2 heterocycles. The molecule has 0 aromatic heterocycles. The molecule has 14 heavy (non-hydrogen) atoms. The Labute approximate surface area is 88.2 Å². The van der Waals surface area contributed by atoms with Crippen LogP contribution in [0.5, 0.6) is 0 Å². The molecule has 1 saturated heterocycles. The Kier molecular flexibility index (Phi) is 2.04. The molecule has 0 spiro atoms. The Morgan fingerprint density at radius 2 is 2.29 bits per heavy atom. The molecule has 0 N–H and O–H groups in total. The third-order valence-corrected chi connectivity index (χ3v) is 4.30. The molecular weight excluding hydrogens is 194 g/mol. The van der Waals surface area contributed by atoms with Gasteiger partial charge in [0, 0.05) is 23.6 Å². The second-order valence-electron chi connectivity index (χ2n) is 3.90. The summed E-state index contributed by atoms with van der Waals surface area (Å²) in [7, 11) is 2.04. The molecule has 1 aromatic rings. The van der Waals surface area contributed by atoms with Crippen LogP contribution in [0.4, 0.5) is 0 Å². The first-order chi connectivity index (χ1) is 6.86. The second-order valence-corrected chi connectivity index (χ2v) is 4.96. The molecule has 0 aliphatic carbocycles. The maximum Gasteiger partial charge on any atom is 0.0740 e. The molecule has 2 aliphatic heterocycles. The van der Waals surface area contributed by atoms with Crippen LogP contribution in [0.25, 0.3) is 0 Å². The van der Waals surface area contributed by atoms with Crippen molar-refractivity contribution >= 4 is 11.8 Å². The van der Waals surface area contributed by atoms with Gasteiger partial charge in [0.05, 0.1) is 12.6 Å². The quantitative estimate of drug-likeness (QED) is 0.648. The summed E-state index contributed by atoms with van der Waals surface area (Å²) in [5.41, 5.74) is 1.44. The Morgan fingerprint density at radius 1 is 1.43 bits per heavy atom. The number of fused-ring (bicyclic) bond motifs is 3. The second kappa shape index (κ2) is 3.26. The van der Waals surface area contributed by atoms with E-state index >= 15 is 0 Å². The van der Waals surface area contributed by atoms with Crippen LogP contribution < -0.4 is 0 Å². The number of hydrogen-bond acceptors (Lipinski definition) is 3. The summed E-state index contributed by atoms with van der Waals surface area (Å²) in [5, 5.41) is 2.02. The van der Waals surface area contributed by atoms with E-state index in [4.69, 9.17) is 4.84 Å². The van der Waals surface area contributed by atoms with E-state index in [1.807, 2.05) is 23.9 Å². The largest absolute Gasteiger partial charge is 0.298 e. The van der Waals surface area contributed by atoms with Crippen molar-refractivity contribution in [2.24, 2.45) is 5.92 Å². The highest BCUT2D eigenvalue weighted by Gasteiger charge is 2.38. The molecule has 0 bridgehead atoms. The molecule has 2 aliphatic rings. The summed E-state index contributed by atoms with van der Waals surface area (Å²) in [4.78, 5) is 7.00. The fourth-order valence-electron chi connectivity index (χ4n) is 2.32. The molecule has 74 valence electrons. The number of hydrogen-bond donors (Lipinski definition) is 0. The third-order valence-electron chi connectivity index (χ3n) is 3.02. The van der Waals surface area contributed by atoms with Crippen molar-refractivity contribution in [2.45, 2.75) is 10.9 Å². The van der Waals surface area contributed by atoms with E-state index in [-0.39, 0.29) is 0 Å². The molecule has 0 amide bonds. The van der Waals surface area contributed by atoms with Crippen LogP contribution in [0, 0.1) is 5.92 Å². The lowest BCUT2D eigenvalue weighted by Gasteiger charge is -2.28.